The monoisotopic (exact) mass is 230 g/mol. The Bertz CT molecular complexity index is 548. The van der Waals surface area contributed by atoms with Crippen LogP contribution in [0.15, 0.2) is 30.5 Å². The normalized spacial score (nSPS) is 13.8. The highest BCUT2D eigenvalue weighted by atomic mass is 32.2. The summed E-state index contributed by atoms with van der Waals surface area (Å²) in [5, 5.41) is 4.37. The second-order valence-electron chi connectivity index (χ2n) is 3.73. The molecule has 3 rings (SSSR count). The average molecular weight is 230 g/mol. The van der Waals surface area contributed by atoms with E-state index in [4.69, 9.17) is 0 Å². The summed E-state index contributed by atoms with van der Waals surface area (Å²) in [6.07, 6.45) is 2.78. The minimum atomic E-state index is 0.687. The SMILES string of the molecule is O=Cc1cccc(-n2ncc3c2CSC3)c1. The van der Waals surface area contributed by atoms with E-state index in [0.717, 1.165) is 23.5 Å². The third-order valence-corrected chi connectivity index (χ3v) is 3.70. The van der Waals surface area contributed by atoms with Crippen molar-refractivity contribution in [1.29, 1.82) is 0 Å². The molecule has 0 fully saturated rings. The molecule has 0 unspecified atom stereocenters. The van der Waals surface area contributed by atoms with Gasteiger partial charge in [-0.25, -0.2) is 4.68 Å². The minimum absolute atomic E-state index is 0.687. The van der Waals surface area contributed by atoms with Gasteiger partial charge in [0.1, 0.15) is 6.29 Å². The van der Waals surface area contributed by atoms with Crippen molar-refractivity contribution in [2.24, 2.45) is 0 Å². The van der Waals surface area contributed by atoms with Crippen LogP contribution in [-0.4, -0.2) is 16.1 Å². The zero-order chi connectivity index (χ0) is 11.0. The molecule has 0 saturated carbocycles. The van der Waals surface area contributed by atoms with Gasteiger partial charge < -0.3 is 0 Å². The van der Waals surface area contributed by atoms with Gasteiger partial charge in [-0.1, -0.05) is 12.1 Å². The van der Waals surface area contributed by atoms with Crippen molar-refractivity contribution < 1.29 is 4.79 Å². The third-order valence-electron chi connectivity index (χ3n) is 2.70. The molecule has 2 heterocycles. The van der Waals surface area contributed by atoms with Gasteiger partial charge in [0.25, 0.3) is 0 Å². The molecule has 1 aromatic carbocycles. The van der Waals surface area contributed by atoms with Crippen LogP contribution in [0.3, 0.4) is 0 Å². The molecule has 2 aromatic rings. The number of rotatable bonds is 2. The van der Waals surface area contributed by atoms with Gasteiger partial charge in [0, 0.05) is 22.6 Å². The Labute approximate surface area is 97.5 Å². The van der Waals surface area contributed by atoms with Gasteiger partial charge in [0.2, 0.25) is 0 Å². The molecule has 80 valence electrons. The molecular weight excluding hydrogens is 220 g/mol. The lowest BCUT2D eigenvalue weighted by Crippen LogP contribution is -2.00. The summed E-state index contributed by atoms with van der Waals surface area (Å²) in [5.41, 5.74) is 4.22. The van der Waals surface area contributed by atoms with Crippen LogP contribution in [0.4, 0.5) is 0 Å². The van der Waals surface area contributed by atoms with Crippen molar-refractivity contribution in [2.45, 2.75) is 11.5 Å². The van der Waals surface area contributed by atoms with Gasteiger partial charge in [0.05, 0.1) is 17.6 Å². The Kier molecular flexibility index (Phi) is 2.29. The van der Waals surface area contributed by atoms with Gasteiger partial charge in [-0.15, -0.1) is 0 Å². The molecule has 0 N–H and O–H groups in total. The predicted octanol–water partition coefficient (Wildman–Crippen LogP) is 2.43. The maximum absolute atomic E-state index is 10.7. The van der Waals surface area contributed by atoms with E-state index in [1.165, 1.54) is 11.3 Å². The molecule has 0 atom stereocenters. The predicted molar refractivity (Wildman–Crippen MR) is 64.0 cm³/mol. The first-order valence-electron chi connectivity index (χ1n) is 5.07. The molecule has 0 spiro atoms. The summed E-state index contributed by atoms with van der Waals surface area (Å²) >= 11 is 1.90. The Hall–Kier alpha value is -1.55. The highest BCUT2D eigenvalue weighted by Crippen LogP contribution is 2.30. The molecule has 4 heteroatoms. The van der Waals surface area contributed by atoms with E-state index in [-0.39, 0.29) is 0 Å². The maximum atomic E-state index is 10.7. The summed E-state index contributed by atoms with van der Waals surface area (Å²) in [7, 11) is 0. The number of nitrogens with zero attached hydrogens (tertiary/aromatic N) is 2. The maximum Gasteiger partial charge on any atom is 0.150 e. The number of thioether (sulfide) groups is 1. The van der Waals surface area contributed by atoms with E-state index in [2.05, 4.69) is 5.10 Å². The second-order valence-corrected chi connectivity index (χ2v) is 4.72. The van der Waals surface area contributed by atoms with Crippen molar-refractivity contribution in [3.63, 3.8) is 0 Å². The smallest absolute Gasteiger partial charge is 0.150 e. The van der Waals surface area contributed by atoms with E-state index in [0.29, 0.717) is 5.56 Å². The van der Waals surface area contributed by atoms with Crippen LogP contribution in [0.1, 0.15) is 21.6 Å². The highest BCUT2D eigenvalue weighted by Gasteiger charge is 2.17. The quantitative estimate of drug-likeness (QED) is 0.743. The number of aromatic nitrogens is 2. The summed E-state index contributed by atoms with van der Waals surface area (Å²) < 4.78 is 1.93. The van der Waals surface area contributed by atoms with Crippen LogP contribution in [-0.2, 0) is 11.5 Å². The Balaban J connectivity index is 2.11. The molecule has 1 aliphatic heterocycles. The zero-order valence-electron chi connectivity index (χ0n) is 8.59. The number of fused-ring (bicyclic) bond motifs is 1. The van der Waals surface area contributed by atoms with Crippen molar-refractivity contribution in [3.8, 4) is 5.69 Å². The molecule has 0 radical (unpaired) electrons. The van der Waals surface area contributed by atoms with Crippen LogP contribution in [0.25, 0.3) is 5.69 Å². The van der Waals surface area contributed by atoms with E-state index in [1.807, 2.05) is 40.8 Å². The van der Waals surface area contributed by atoms with E-state index in [1.54, 1.807) is 6.07 Å². The fourth-order valence-corrected chi connectivity index (χ4v) is 2.96. The summed E-state index contributed by atoms with van der Waals surface area (Å²) in [6.45, 7) is 0. The van der Waals surface area contributed by atoms with Gasteiger partial charge in [-0.2, -0.15) is 16.9 Å². The Morgan fingerprint density at radius 1 is 1.38 bits per heavy atom. The molecule has 0 saturated heterocycles. The lowest BCUT2D eigenvalue weighted by atomic mass is 10.2. The van der Waals surface area contributed by atoms with Crippen LogP contribution in [0, 0.1) is 0 Å². The highest BCUT2D eigenvalue weighted by molar-refractivity contribution is 7.98. The van der Waals surface area contributed by atoms with Gasteiger partial charge in [-0.05, 0) is 12.1 Å². The number of carbonyl (C=O) groups excluding carboxylic acids is 1. The lowest BCUT2D eigenvalue weighted by Gasteiger charge is -2.05. The van der Waals surface area contributed by atoms with Gasteiger partial charge >= 0.3 is 0 Å². The van der Waals surface area contributed by atoms with Crippen molar-refractivity contribution >= 4 is 18.0 Å². The molecule has 16 heavy (non-hydrogen) atoms. The largest absolute Gasteiger partial charge is 0.298 e. The molecule has 0 aliphatic carbocycles. The minimum Gasteiger partial charge on any atom is -0.298 e. The second kappa shape index (κ2) is 3.79. The summed E-state index contributed by atoms with van der Waals surface area (Å²) in [4.78, 5) is 10.7. The van der Waals surface area contributed by atoms with Gasteiger partial charge in [-0.3, -0.25) is 4.79 Å². The first-order chi connectivity index (χ1) is 7.88. The first kappa shape index (κ1) is 9.66. The van der Waals surface area contributed by atoms with E-state index >= 15 is 0 Å². The summed E-state index contributed by atoms with van der Waals surface area (Å²) in [6, 6.07) is 7.52. The van der Waals surface area contributed by atoms with Crippen molar-refractivity contribution in [3.05, 3.63) is 47.3 Å². The number of hydrogen-bond donors (Lipinski definition) is 0. The van der Waals surface area contributed by atoms with Crippen LogP contribution < -0.4 is 0 Å². The standard InChI is InChI=1S/C12H10N2OS/c15-6-9-2-1-3-11(4-9)14-12-8-16-7-10(12)5-13-14/h1-6H,7-8H2. The molecular formula is C12H10N2OS. The van der Waals surface area contributed by atoms with Crippen molar-refractivity contribution in [2.75, 3.05) is 0 Å². The zero-order valence-corrected chi connectivity index (χ0v) is 9.41. The molecule has 3 nitrogen and oxygen atoms in total. The topological polar surface area (TPSA) is 34.9 Å². The van der Waals surface area contributed by atoms with Crippen LogP contribution in [0.2, 0.25) is 0 Å². The first-order valence-corrected chi connectivity index (χ1v) is 6.23. The molecule has 0 amide bonds. The molecule has 1 aromatic heterocycles. The Morgan fingerprint density at radius 2 is 2.31 bits per heavy atom. The Morgan fingerprint density at radius 3 is 3.19 bits per heavy atom. The van der Waals surface area contributed by atoms with Crippen LogP contribution in [0.5, 0.6) is 0 Å². The average Bonchev–Trinajstić information content (AvgIpc) is 2.90. The number of hydrogen-bond acceptors (Lipinski definition) is 3. The molecule has 0 bridgehead atoms. The summed E-state index contributed by atoms with van der Waals surface area (Å²) in [5.74, 6) is 2.04. The van der Waals surface area contributed by atoms with Crippen molar-refractivity contribution in [1.82, 2.24) is 9.78 Å². The van der Waals surface area contributed by atoms with Crippen LogP contribution >= 0.6 is 11.8 Å². The van der Waals surface area contributed by atoms with E-state index < -0.39 is 0 Å². The van der Waals surface area contributed by atoms with Gasteiger partial charge in [0.15, 0.2) is 0 Å². The number of carbonyl (C=O) groups is 1. The number of benzene rings is 1. The van der Waals surface area contributed by atoms with E-state index in [9.17, 15) is 4.79 Å². The molecule has 1 aliphatic rings. The number of aldehydes is 1. The fourth-order valence-electron chi connectivity index (χ4n) is 1.89. The lowest BCUT2D eigenvalue weighted by molar-refractivity contribution is 0.112. The fraction of sp³-hybridized carbons (Fsp3) is 0.167. The third kappa shape index (κ3) is 1.46.